The van der Waals surface area contributed by atoms with Crippen molar-refractivity contribution in [2.75, 3.05) is 24.0 Å². The fraction of sp³-hybridized carbons (Fsp3) is 0.524. The lowest BCUT2D eigenvalue weighted by molar-refractivity contribution is -0.168. The largest absolute Gasteiger partial charge is 0.472 e. The van der Waals surface area contributed by atoms with Crippen LogP contribution in [-0.4, -0.2) is 88.6 Å². The molecule has 4 unspecified atom stereocenters. The van der Waals surface area contributed by atoms with Crippen LogP contribution in [0, 0.1) is 0 Å². The lowest BCUT2D eigenvalue weighted by atomic mass is 10.2. The molecule has 238 valence electrons. The van der Waals surface area contributed by atoms with Crippen LogP contribution >= 0.6 is 15.4 Å². The average Bonchev–Trinajstić information content (AvgIpc) is 3.72. The first-order chi connectivity index (χ1) is 20.9. The molecule has 0 aliphatic carbocycles. The molecule has 0 radical (unpaired) electrons. The van der Waals surface area contributed by atoms with Crippen molar-refractivity contribution in [2.24, 2.45) is 16.5 Å². The Morgan fingerprint density at radius 3 is 2.66 bits per heavy atom. The minimum Gasteiger partial charge on any atom is -0.397 e. The number of nitrogen functional groups attached to an aromatic ring is 1. The first-order valence-corrected chi connectivity index (χ1v) is 16.4. The van der Waals surface area contributed by atoms with Crippen molar-refractivity contribution in [3.05, 3.63) is 30.6 Å². The van der Waals surface area contributed by atoms with E-state index in [-0.39, 0.29) is 23.9 Å². The van der Waals surface area contributed by atoms with E-state index in [9.17, 15) is 24.0 Å². The molecule has 0 saturated carbocycles. The SMILES string of the molecule is NC1=NC(N)c2ncn([C@@H]3O[C@@H]4OCP(=O)(O)O[C@@H]5C[C@H](n6cnc7c(N)ccnc76)O[C@@H]5COP(=O)(O)OC3[C@H]4O)c2N1. The monoisotopic (exact) mass is 658 g/mol. The van der Waals surface area contributed by atoms with Gasteiger partial charge in [0.1, 0.15) is 53.8 Å². The molecule has 4 aliphatic rings. The predicted octanol–water partition coefficient (Wildman–Crippen LogP) is -0.828. The second kappa shape index (κ2) is 10.8. The van der Waals surface area contributed by atoms with Gasteiger partial charge in [-0.05, 0) is 6.07 Å². The fourth-order valence-electron chi connectivity index (χ4n) is 5.43. The number of fused-ring (bicyclic) bond motifs is 5. The number of hydrogen-bond acceptors (Lipinski definition) is 17. The highest BCUT2D eigenvalue weighted by Crippen LogP contribution is 2.53. The van der Waals surface area contributed by atoms with E-state index in [1.54, 1.807) is 10.6 Å². The summed E-state index contributed by atoms with van der Waals surface area (Å²) in [5.41, 5.74) is 19.2. The summed E-state index contributed by atoms with van der Waals surface area (Å²) < 4.78 is 62.7. The molecule has 7 rings (SSSR count). The van der Waals surface area contributed by atoms with Crippen LogP contribution in [0.4, 0.5) is 11.5 Å². The van der Waals surface area contributed by atoms with E-state index >= 15 is 0 Å². The molecule has 2 bridgehead atoms. The molecule has 10 N–H and O–H groups in total. The van der Waals surface area contributed by atoms with Gasteiger partial charge < -0.3 is 56.1 Å². The summed E-state index contributed by atoms with van der Waals surface area (Å²) in [7, 11) is -9.52. The molecule has 0 spiro atoms. The molecule has 3 aromatic heterocycles. The molecule has 0 amide bonds. The predicted molar refractivity (Wildman–Crippen MR) is 146 cm³/mol. The molecule has 10 atom stereocenters. The number of aliphatic imine (C=N–C) groups is 1. The maximum absolute atomic E-state index is 13.2. The van der Waals surface area contributed by atoms with E-state index in [1.165, 1.54) is 23.4 Å². The van der Waals surface area contributed by atoms with Crippen molar-refractivity contribution < 1.29 is 51.8 Å². The minimum atomic E-state index is -4.97. The number of nitrogens with one attached hydrogen (secondary N) is 1. The number of aliphatic hydroxyl groups is 1. The zero-order valence-electron chi connectivity index (χ0n) is 22.5. The zero-order chi connectivity index (χ0) is 31.0. The van der Waals surface area contributed by atoms with Crippen molar-refractivity contribution in [3.63, 3.8) is 0 Å². The van der Waals surface area contributed by atoms with Crippen LogP contribution in [0.5, 0.6) is 0 Å². The fourth-order valence-corrected chi connectivity index (χ4v) is 7.40. The van der Waals surface area contributed by atoms with E-state index in [1.807, 2.05) is 0 Å². The van der Waals surface area contributed by atoms with Crippen LogP contribution < -0.4 is 22.5 Å². The van der Waals surface area contributed by atoms with E-state index in [0.29, 0.717) is 16.9 Å². The standard InChI is InChI=1S/C21H28N10O11P2/c22-8-1-2-25-17-12(8)26-5-30(17)11-3-9-10(39-11)4-38-44(35,36)42-15-14(32)20(37-7-43(33,34)41-9)40-19(15)31-6-27-13-16(23)28-21(24)29-18(13)31/h1-2,5-6,9-11,14-16,19-20,32H,3-4,7,23H2,(H2,22,25)(H,33,34)(H,35,36)(H3,24,28,29)/t9-,10-,11-,14-,15?,16?,19-,20+/m1/s1. The van der Waals surface area contributed by atoms with Crippen molar-refractivity contribution in [3.8, 4) is 0 Å². The third-order valence-corrected chi connectivity index (χ3v) is 9.47. The second-order valence-electron chi connectivity index (χ2n) is 10.4. The lowest BCUT2D eigenvalue weighted by Crippen LogP contribution is -2.36. The molecule has 4 aliphatic heterocycles. The number of ether oxygens (including phenoxy) is 3. The van der Waals surface area contributed by atoms with Crippen molar-refractivity contribution >= 4 is 44.0 Å². The van der Waals surface area contributed by atoms with Gasteiger partial charge in [-0.25, -0.2) is 24.5 Å². The summed E-state index contributed by atoms with van der Waals surface area (Å²) in [6, 6.07) is 1.58. The molecule has 0 aromatic carbocycles. The van der Waals surface area contributed by atoms with Crippen LogP contribution in [0.3, 0.4) is 0 Å². The van der Waals surface area contributed by atoms with Gasteiger partial charge in [-0.2, -0.15) is 0 Å². The van der Waals surface area contributed by atoms with E-state index < -0.39 is 77.7 Å². The van der Waals surface area contributed by atoms with Crippen LogP contribution in [0.15, 0.2) is 29.9 Å². The van der Waals surface area contributed by atoms with E-state index in [2.05, 4.69) is 25.3 Å². The lowest BCUT2D eigenvalue weighted by Gasteiger charge is -2.27. The third-order valence-electron chi connectivity index (χ3n) is 7.41. The van der Waals surface area contributed by atoms with Gasteiger partial charge in [0.25, 0.3) is 0 Å². The van der Waals surface area contributed by atoms with Crippen LogP contribution in [0.1, 0.15) is 30.7 Å². The normalized spacial score (nSPS) is 39.4. The van der Waals surface area contributed by atoms with Crippen LogP contribution in [-0.2, 0) is 36.9 Å². The number of nitrogens with two attached hydrogens (primary N) is 3. The van der Waals surface area contributed by atoms with Crippen LogP contribution in [0.2, 0.25) is 0 Å². The van der Waals surface area contributed by atoms with Crippen molar-refractivity contribution in [1.82, 2.24) is 24.1 Å². The Hall–Kier alpha value is -3.04. The van der Waals surface area contributed by atoms with Gasteiger partial charge in [-0.1, -0.05) is 0 Å². The maximum Gasteiger partial charge on any atom is 0.472 e. The second-order valence-corrected chi connectivity index (χ2v) is 13.5. The first kappa shape index (κ1) is 29.7. The Bertz CT molecular complexity index is 1720. The summed E-state index contributed by atoms with van der Waals surface area (Å²) in [5.74, 6) is 0.165. The smallest absolute Gasteiger partial charge is 0.397 e. The Balaban J connectivity index is 1.17. The van der Waals surface area contributed by atoms with Gasteiger partial charge in [0.2, 0.25) is 0 Å². The molecule has 23 heteroatoms. The number of aromatic nitrogens is 5. The summed E-state index contributed by atoms with van der Waals surface area (Å²) in [6.07, 6.45) is -7.10. The number of hydrogen-bond donors (Lipinski definition) is 7. The maximum atomic E-state index is 13.2. The minimum absolute atomic E-state index is 0.00231. The molecule has 3 aromatic rings. The van der Waals surface area contributed by atoms with Gasteiger partial charge >= 0.3 is 15.4 Å². The molecular formula is C21H28N10O11P2. The molecule has 21 nitrogen and oxygen atoms in total. The Morgan fingerprint density at radius 2 is 1.84 bits per heavy atom. The van der Waals surface area contributed by atoms with Gasteiger partial charge in [0, 0.05) is 12.6 Å². The molecular weight excluding hydrogens is 630 g/mol. The van der Waals surface area contributed by atoms with Crippen molar-refractivity contribution in [1.29, 1.82) is 0 Å². The van der Waals surface area contributed by atoms with Gasteiger partial charge in [-0.3, -0.25) is 22.7 Å². The van der Waals surface area contributed by atoms with E-state index in [4.69, 9.17) is 45.0 Å². The number of imidazole rings is 2. The topological polar surface area (TPSA) is 301 Å². The highest BCUT2D eigenvalue weighted by atomic mass is 31.2. The number of rotatable bonds is 2. The zero-order valence-corrected chi connectivity index (χ0v) is 24.3. The van der Waals surface area contributed by atoms with Gasteiger partial charge in [0.15, 0.2) is 30.5 Å². The number of guanidine groups is 1. The summed E-state index contributed by atoms with van der Waals surface area (Å²) in [4.78, 5) is 38.1. The number of pyridine rings is 1. The molecule has 7 heterocycles. The third kappa shape index (κ3) is 5.30. The van der Waals surface area contributed by atoms with E-state index in [0.717, 1.165) is 0 Å². The Kier molecular flexibility index (Phi) is 7.28. The highest BCUT2D eigenvalue weighted by molar-refractivity contribution is 7.52. The van der Waals surface area contributed by atoms with Gasteiger partial charge in [0.05, 0.1) is 24.9 Å². The van der Waals surface area contributed by atoms with Gasteiger partial charge in [-0.15, -0.1) is 0 Å². The first-order valence-electron chi connectivity index (χ1n) is 13.2. The Morgan fingerprint density at radius 1 is 1.05 bits per heavy atom. The quantitative estimate of drug-likeness (QED) is 0.165. The summed E-state index contributed by atoms with van der Waals surface area (Å²) >= 11 is 0. The van der Waals surface area contributed by atoms with Crippen molar-refractivity contribution in [2.45, 2.75) is 55.7 Å². The summed E-state index contributed by atoms with van der Waals surface area (Å²) in [5, 5.41) is 13.8. The molecule has 3 saturated heterocycles. The number of anilines is 2. The molecule has 44 heavy (non-hydrogen) atoms. The number of nitrogens with zero attached hydrogens (tertiary/aromatic N) is 6. The number of phosphoric ester groups is 1. The molecule has 3 fully saturated rings. The number of aliphatic hydroxyl groups excluding tert-OH is 1. The van der Waals surface area contributed by atoms with Crippen LogP contribution in [0.25, 0.3) is 11.2 Å². The number of phosphoric acid groups is 1. The Labute approximate surface area is 247 Å². The summed E-state index contributed by atoms with van der Waals surface area (Å²) in [6.45, 7) is -0.611. The average molecular weight is 658 g/mol. The highest BCUT2D eigenvalue weighted by Gasteiger charge is 2.52.